The summed E-state index contributed by atoms with van der Waals surface area (Å²) in [4.78, 5) is 21.9. The lowest BCUT2D eigenvalue weighted by Crippen LogP contribution is -2.21. The summed E-state index contributed by atoms with van der Waals surface area (Å²) < 4.78 is 49.9. The van der Waals surface area contributed by atoms with Crippen LogP contribution in [0.25, 0.3) is 0 Å². The van der Waals surface area contributed by atoms with E-state index in [0.717, 1.165) is 24.2 Å². The van der Waals surface area contributed by atoms with Gasteiger partial charge in [0.1, 0.15) is 11.6 Å². The fourth-order valence-corrected chi connectivity index (χ4v) is 3.68. The number of alkyl halides is 3. The van der Waals surface area contributed by atoms with Crippen LogP contribution < -0.4 is 10.1 Å². The molecule has 35 heavy (non-hydrogen) atoms. The Balaban J connectivity index is 1.54. The van der Waals surface area contributed by atoms with Gasteiger partial charge in [0.05, 0.1) is 17.4 Å². The van der Waals surface area contributed by atoms with Gasteiger partial charge in [0.25, 0.3) is 5.91 Å². The summed E-state index contributed by atoms with van der Waals surface area (Å²) >= 11 is 0. The second kappa shape index (κ2) is 10.3. The zero-order valence-corrected chi connectivity index (χ0v) is 19.3. The van der Waals surface area contributed by atoms with Crippen LogP contribution in [0, 0.1) is 5.92 Å². The minimum absolute atomic E-state index is 0.107. The van der Waals surface area contributed by atoms with Crippen LogP contribution in [-0.4, -0.2) is 48.1 Å². The molecule has 7 nitrogen and oxygen atoms in total. The molecule has 0 spiro atoms. The molecular weight excluding hydrogens is 461 g/mol. The summed E-state index contributed by atoms with van der Waals surface area (Å²) in [5.74, 6) is 1.41. The van der Waals surface area contributed by atoms with E-state index in [1.165, 1.54) is 17.2 Å². The lowest BCUT2D eigenvalue weighted by Gasteiger charge is -2.15. The van der Waals surface area contributed by atoms with Gasteiger partial charge in [-0.05, 0) is 61.2 Å². The molecule has 184 valence electrons. The predicted octanol–water partition coefficient (Wildman–Crippen LogP) is 5.31. The molecule has 1 unspecified atom stereocenters. The van der Waals surface area contributed by atoms with Gasteiger partial charge in [0, 0.05) is 44.6 Å². The van der Waals surface area contributed by atoms with E-state index in [4.69, 9.17) is 9.47 Å². The van der Waals surface area contributed by atoms with Gasteiger partial charge in [0.2, 0.25) is 5.88 Å². The van der Waals surface area contributed by atoms with Crippen molar-refractivity contribution in [1.29, 1.82) is 0 Å². The Morgan fingerprint density at radius 2 is 1.91 bits per heavy atom. The molecule has 10 heteroatoms. The van der Waals surface area contributed by atoms with E-state index in [2.05, 4.69) is 15.3 Å². The minimum Gasteiger partial charge on any atom is -0.439 e. The quantitative estimate of drug-likeness (QED) is 0.488. The van der Waals surface area contributed by atoms with Gasteiger partial charge < -0.3 is 19.7 Å². The second-order valence-electron chi connectivity index (χ2n) is 8.50. The normalized spacial score (nSPS) is 15.6. The summed E-state index contributed by atoms with van der Waals surface area (Å²) in [5, 5.41) is 3.00. The summed E-state index contributed by atoms with van der Waals surface area (Å²) in [6, 6.07) is 10.9. The first-order valence-corrected chi connectivity index (χ1v) is 11.1. The monoisotopic (exact) mass is 486 g/mol. The molecule has 1 aliphatic rings. The molecule has 1 aromatic carbocycles. The Kier molecular flexibility index (Phi) is 7.20. The van der Waals surface area contributed by atoms with Crippen LogP contribution in [0.2, 0.25) is 0 Å². The van der Waals surface area contributed by atoms with Crippen LogP contribution in [0.1, 0.15) is 27.9 Å². The van der Waals surface area contributed by atoms with Crippen molar-refractivity contribution >= 4 is 17.4 Å². The number of ether oxygens (including phenoxy) is 2. The Hall–Kier alpha value is -3.66. The van der Waals surface area contributed by atoms with Gasteiger partial charge in [-0.1, -0.05) is 0 Å². The second-order valence-corrected chi connectivity index (χ2v) is 8.50. The molecule has 0 saturated carbocycles. The first-order valence-electron chi connectivity index (χ1n) is 11.1. The lowest BCUT2D eigenvalue weighted by atomic mass is 9.99. The zero-order chi connectivity index (χ0) is 25.0. The largest absolute Gasteiger partial charge is 0.439 e. The molecule has 0 radical (unpaired) electrons. The average molecular weight is 486 g/mol. The number of pyridine rings is 2. The van der Waals surface area contributed by atoms with Crippen molar-refractivity contribution in [3.05, 3.63) is 71.5 Å². The molecule has 1 amide bonds. The van der Waals surface area contributed by atoms with E-state index >= 15 is 0 Å². The highest BCUT2D eigenvalue weighted by Crippen LogP contribution is 2.32. The molecule has 1 atom stereocenters. The van der Waals surface area contributed by atoms with Crippen molar-refractivity contribution in [3.8, 4) is 11.6 Å². The van der Waals surface area contributed by atoms with Crippen LogP contribution in [0.3, 0.4) is 0 Å². The van der Waals surface area contributed by atoms with E-state index in [9.17, 15) is 18.0 Å². The van der Waals surface area contributed by atoms with Crippen LogP contribution in [-0.2, 0) is 17.3 Å². The number of benzene rings is 1. The first-order chi connectivity index (χ1) is 16.7. The standard InChI is InChI=1S/C25H25F3N4O3/c1-32(2)24(33)17-3-6-21(7-4-17)35-23-18(11-16-9-10-34-15-16)12-20(14-30-23)31-22-8-5-19(13-29-22)25(26,27)28/h3-8,12-14,16H,9-11,15H2,1-2H3,(H,29,31). The molecule has 0 bridgehead atoms. The van der Waals surface area contributed by atoms with Crippen LogP contribution in [0.5, 0.6) is 11.6 Å². The minimum atomic E-state index is -4.44. The summed E-state index contributed by atoms with van der Waals surface area (Å²) in [7, 11) is 3.37. The molecule has 1 N–H and O–H groups in total. The van der Waals surface area contributed by atoms with Crippen molar-refractivity contribution in [3.63, 3.8) is 0 Å². The number of nitrogens with one attached hydrogen (secondary N) is 1. The van der Waals surface area contributed by atoms with Gasteiger partial charge in [0.15, 0.2) is 0 Å². The molecule has 0 aliphatic carbocycles. The molecule has 3 heterocycles. The maximum Gasteiger partial charge on any atom is 0.417 e. The van der Waals surface area contributed by atoms with Crippen LogP contribution in [0.4, 0.5) is 24.7 Å². The number of nitrogens with zero attached hydrogens (tertiary/aromatic N) is 3. The van der Waals surface area contributed by atoms with Crippen molar-refractivity contribution in [2.24, 2.45) is 5.92 Å². The number of amides is 1. The molecule has 3 aromatic rings. The smallest absolute Gasteiger partial charge is 0.417 e. The molecule has 1 fully saturated rings. The maximum absolute atomic E-state index is 12.8. The molecule has 1 aliphatic heterocycles. The van der Waals surface area contributed by atoms with E-state index in [1.54, 1.807) is 38.4 Å². The summed E-state index contributed by atoms with van der Waals surface area (Å²) in [5.41, 5.74) is 1.13. The number of carbonyl (C=O) groups excluding carboxylic acids is 1. The van der Waals surface area contributed by atoms with Gasteiger partial charge in [-0.2, -0.15) is 13.2 Å². The van der Waals surface area contributed by atoms with E-state index in [0.29, 0.717) is 48.4 Å². The molecule has 2 aromatic heterocycles. The van der Waals surface area contributed by atoms with Gasteiger partial charge in [-0.15, -0.1) is 0 Å². The van der Waals surface area contributed by atoms with E-state index in [-0.39, 0.29) is 11.7 Å². The predicted molar refractivity (Wildman–Crippen MR) is 124 cm³/mol. The zero-order valence-electron chi connectivity index (χ0n) is 19.3. The van der Waals surface area contributed by atoms with Gasteiger partial charge in [-0.25, -0.2) is 9.97 Å². The Morgan fingerprint density at radius 3 is 2.51 bits per heavy atom. The number of hydrogen-bond acceptors (Lipinski definition) is 6. The van der Waals surface area contributed by atoms with E-state index in [1.807, 2.05) is 6.07 Å². The topological polar surface area (TPSA) is 76.6 Å². The fraction of sp³-hybridized carbons (Fsp3) is 0.320. The number of carbonyl (C=O) groups is 1. The Labute approximate surface area is 200 Å². The first kappa shape index (κ1) is 24.5. The van der Waals surface area contributed by atoms with Crippen molar-refractivity contribution in [2.45, 2.75) is 19.0 Å². The number of hydrogen-bond donors (Lipinski definition) is 1. The SMILES string of the molecule is CN(C)C(=O)c1ccc(Oc2ncc(Nc3ccc(C(F)(F)F)cn3)cc2CC2CCOC2)cc1. The van der Waals surface area contributed by atoms with Gasteiger partial charge in [-0.3, -0.25) is 4.79 Å². The Bertz CT molecular complexity index is 1160. The van der Waals surface area contributed by atoms with Crippen molar-refractivity contribution in [1.82, 2.24) is 14.9 Å². The third kappa shape index (κ3) is 6.27. The average Bonchev–Trinajstić information content (AvgIpc) is 3.33. The number of aromatic nitrogens is 2. The van der Waals surface area contributed by atoms with Crippen molar-refractivity contribution < 1.29 is 27.4 Å². The van der Waals surface area contributed by atoms with Crippen LogP contribution in [0.15, 0.2) is 54.9 Å². The third-order valence-corrected chi connectivity index (χ3v) is 5.54. The number of anilines is 2. The molecule has 4 rings (SSSR count). The summed E-state index contributed by atoms with van der Waals surface area (Å²) in [6.45, 7) is 1.34. The highest BCUT2D eigenvalue weighted by Gasteiger charge is 2.30. The lowest BCUT2D eigenvalue weighted by molar-refractivity contribution is -0.137. The van der Waals surface area contributed by atoms with E-state index < -0.39 is 11.7 Å². The van der Waals surface area contributed by atoms with Crippen LogP contribution >= 0.6 is 0 Å². The number of halogens is 3. The number of rotatable bonds is 7. The molecule has 1 saturated heterocycles. The maximum atomic E-state index is 12.8. The highest BCUT2D eigenvalue weighted by molar-refractivity contribution is 5.93. The summed E-state index contributed by atoms with van der Waals surface area (Å²) in [6.07, 6.45) is -0.545. The third-order valence-electron chi connectivity index (χ3n) is 5.54. The molecular formula is C25H25F3N4O3. The van der Waals surface area contributed by atoms with Crippen molar-refractivity contribution in [2.75, 3.05) is 32.6 Å². The van der Waals surface area contributed by atoms with Gasteiger partial charge >= 0.3 is 6.18 Å². The fourth-order valence-electron chi connectivity index (χ4n) is 3.68. The highest BCUT2D eigenvalue weighted by atomic mass is 19.4. The Morgan fingerprint density at radius 1 is 1.14 bits per heavy atom.